The highest BCUT2D eigenvalue weighted by Crippen LogP contribution is 2.25. The summed E-state index contributed by atoms with van der Waals surface area (Å²) < 4.78 is 10.5. The van der Waals surface area contributed by atoms with Crippen LogP contribution in [0.4, 0.5) is 5.69 Å². The molecule has 0 spiro atoms. The summed E-state index contributed by atoms with van der Waals surface area (Å²) in [6, 6.07) is 19.6. The normalized spacial score (nSPS) is 14.9. The summed E-state index contributed by atoms with van der Waals surface area (Å²) >= 11 is 11.6. The predicted octanol–water partition coefficient (Wildman–Crippen LogP) is 4.03. The molecule has 0 radical (unpaired) electrons. The lowest BCUT2D eigenvalue weighted by atomic mass is 10.1. The number of benzene rings is 3. The van der Waals surface area contributed by atoms with Crippen molar-refractivity contribution in [3.8, 4) is 11.5 Å². The standard InChI is InChI=1S/C27H25ClN4O5S/c1-36-21-11-18(12-22(14-21)37-2)25(34)30-32-23(15-24(33)29-20-10-6-9-19(28)13-20)26(35)31(27(32)38)16-17-7-4-3-5-8-17/h3-14,23H,15-16H2,1-2H3,(H,29,33)(H,30,34). The van der Waals surface area contributed by atoms with Crippen LogP contribution in [0, 0.1) is 0 Å². The minimum atomic E-state index is -1.07. The Morgan fingerprint density at radius 3 is 2.29 bits per heavy atom. The van der Waals surface area contributed by atoms with Gasteiger partial charge in [0.25, 0.3) is 11.8 Å². The second-order valence-corrected chi connectivity index (χ2v) is 9.18. The number of hydrazine groups is 1. The molecule has 38 heavy (non-hydrogen) atoms. The van der Waals surface area contributed by atoms with Gasteiger partial charge in [-0.2, -0.15) is 0 Å². The van der Waals surface area contributed by atoms with Gasteiger partial charge in [0.15, 0.2) is 5.11 Å². The smallest absolute Gasteiger partial charge is 0.270 e. The molecule has 1 aliphatic heterocycles. The number of anilines is 1. The number of methoxy groups -OCH3 is 2. The number of amides is 3. The van der Waals surface area contributed by atoms with Gasteiger partial charge in [-0.3, -0.25) is 24.7 Å². The molecular formula is C27H25ClN4O5S. The highest BCUT2D eigenvalue weighted by Gasteiger charge is 2.44. The van der Waals surface area contributed by atoms with Gasteiger partial charge in [0.05, 0.1) is 27.2 Å². The van der Waals surface area contributed by atoms with Crippen LogP contribution < -0.4 is 20.2 Å². The van der Waals surface area contributed by atoms with Gasteiger partial charge < -0.3 is 14.8 Å². The van der Waals surface area contributed by atoms with Gasteiger partial charge in [-0.25, -0.2) is 5.01 Å². The molecule has 1 saturated heterocycles. The summed E-state index contributed by atoms with van der Waals surface area (Å²) in [4.78, 5) is 41.0. The molecule has 1 atom stereocenters. The van der Waals surface area contributed by atoms with Gasteiger partial charge in [0.2, 0.25) is 5.91 Å². The van der Waals surface area contributed by atoms with Gasteiger partial charge >= 0.3 is 0 Å². The van der Waals surface area contributed by atoms with E-state index in [9.17, 15) is 14.4 Å². The predicted molar refractivity (Wildman–Crippen MR) is 147 cm³/mol. The molecule has 0 bridgehead atoms. The van der Waals surface area contributed by atoms with E-state index >= 15 is 0 Å². The Bertz CT molecular complexity index is 1350. The molecule has 2 N–H and O–H groups in total. The molecule has 1 fully saturated rings. The Morgan fingerprint density at radius 2 is 1.66 bits per heavy atom. The van der Waals surface area contributed by atoms with Crippen LogP contribution >= 0.6 is 23.8 Å². The number of nitrogens with one attached hydrogen (secondary N) is 2. The monoisotopic (exact) mass is 552 g/mol. The third-order valence-electron chi connectivity index (χ3n) is 5.81. The molecule has 9 nitrogen and oxygen atoms in total. The molecule has 3 aromatic rings. The molecule has 1 aliphatic rings. The lowest BCUT2D eigenvalue weighted by Gasteiger charge is -2.24. The maximum Gasteiger partial charge on any atom is 0.270 e. The van der Waals surface area contributed by atoms with Crippen LogP contribution in [0.25, 0.3) is 0 Å². The highest BCUT2D eigenvalue weighted by molar-refractivity contribution is 7.80. The average Bonchev–Trinajstić information content (AvgIpc) is 3.12. The van der Waals surface area contributed by atoms with Crippen molar-refractivity contribution in [3.05, 3.63) is 88.9 Å². The minimum absolute atomic E-state index is 0.0719. The number of hydrogen-bond donors (Lipinski definition) is 2. The number of ether oxygens (including phenoxy) is 2. The molecule has 11 heteroatoms. The summed E-state index contributed by atoms with van der Waals surface area (Å²) in [7, 11) is 2.95. The van der Waals surface area contributed by atoms with Crippen molar-refractivity contribution < 1.29 is 23.9 Å². The maximum atomic E-state index is 13.5. The largest absolute Gasteiger partial charge is 0.497 e. The first-order valence-electron chi connectivity index (χ1n) is 11.6. The van der Waals surface area contributed by atoms with Crippen molar-refractivity contribution in [2.24, 2.45) is 0 Å². The Kier molecular flexibility index (Phi) is 8.45. The van der Waals surface area contributed by atoms with Crippen LogP contribution in [-0.4, -0.2) is 53.0 Å². The van der Waals surface area contributed by atoms with E-state index in [1.54, 1.807) is 30.3 Å². The van der Waals surface area contributed by atoms with Gasteiger partial charge in [0, 0.05) is 22.3 Å². The molecule has 0 aromatic heterocycles. The Hall–Kier alpha value is -4.15. The van der Waals surface area contributed by atoms with Crippen molar-refractivity contribution >= 4 is 52.3 Å². The lowest BCUT2D eigenvalue weighted by Crippen LogP contribution is -2.49. The molecule has 3 aromatic carbocycles. The quantitative estimate of drug-likeness (QED) is 0.387. The van der Waals surface area contributed by atoms with E-state index in [1.165, 1.54) is 36.3 Å². The molecule has 3 amide bonds. The third kappa shape index (κ3) is 6.21. The lowest BCUT2D eigenvalue weighted by molar-refractivity contribution is -0.131. The number of carbonyl (C=O) groups is 3. The van der Waals surface area contributed by atoms with Crippen LogP contribution in [-0.2, 0) is 16.1 Å². The zero-order valence-corrected chi connectivity index (χ0v) is 22.2. The van der Waals surface area contributed by atoms with Crippen LogP contribution in [0.1, 0.15) is 22.3 Å². The zero-order chi connectivity index (χ0) is 27.2. The second-order valence-electron chi connectivity index (χ2n) is 8.38. The Balaban J connectivity index is 1.59. The number of rotatable bonds is 9. The number of carbonyl (C=O) groups excluding carboxylic acids is 3. The van der Waals surface area contributed by atoms with Crippen molar-refractivity contribution in [1.82, 2.24) is 15.3 Å². The van der Waals surface area contributed by atoms with Gasteiger partial charge in [-0.05, 0) is 48.1 Å². The second kappa shape index (κ2) is 11.9. The molecule has 196 valence electrons. The van der Waals surface area contributed by atoms with E-state index < -0.39 is 23.8 Å². The number of hydrogen-bond acceptors (Lipinski definition) is 6. The zero-order valence-electron chi connectivity index (χ0n) is 20.6. The Labute approximate surface area is 230 Å². The summed E-state index contributed by atoms with van der Waals surface area (Å²) in [5.41, 5.74) is 4.25. The fraction of sp³-hybridized carbons (Fsp3) is 0.185. The SMILES string of the molecule is COc1cc(OC)cc(C(=O)NN2C(=S)N(Cc3ccccc3)C(=O)C2CC(=O)Nc2cccc(Cl)c2)c1. The van der Waals surface area contributed by atoms with Gasteiger partial charge in [0.1, 0.15) is 17.5 Å². The summed E-state index contributed by atoms with van der Waals surface area (Å²) in [6.07, 6.45) is -0.265. The van der Waals surface area contributed by atoms with E-state index in [0.29, 0.717) is 22.2 Å². The summed E-state index contributed by atoms with van der Waals surface area (Å²) in [6.45, 7) is 0.185. The van der Waals surface area contributed by atoms with Crippen LogP contribution in [0.2, 0.25) is 5.02 Å². The number of halogens is 1. The van der Waals surface area contributed by atoms with E-state index in [4.69, 9.17) is 33.3 Å². The van der Waals surface area contributed by atoms with Crippen LogP contribution in [0.5, 0.6) is 11.5 Å². The molecule has 0 saturated carbocycles. The first-order valence-corrected chi connectivity index (χ1v) is 12.4. The topological polar surface area (TPSA) is 100 Å². The van der Waals surface area contributed by atoms with E-state index in [1.807, 2.05) is 30.3 Å². The third-order valence-corrected chi connectivity index (χ3v) is 6.46. The minimum Gasteiger partial charge on any atom is -0.497 e. The van der Waals surface area contributed by atoms with Crippen molar-refractivity contribution in [1.29, 1.82) is 0 Å². The average molecular weight is 553 g/mol. The van der Waals surface area contributed by atoms with Gasteiger partial charge in [-0.1, -0.05) is 48.0 Å². The molecule has 4 rings (SSSR count). The maximum absolute atomic E-state index is 13.5. The fourth-order valence-corrected chi connectivity index (χ4v) is 4.45. The molecular weight excluding hydrogens is 528 g/mol. The highest BCUT2D eigenvalue weighted by atomic mass is 35.5. The van der Waals surface area contributed by atoms with E-state index in [2.05, 4.69) is 10.7 Å². The number of thiocarbonyl (C=S) groups is 1. The van der Waals surface area contributed by atoms with Crippen LogP contribution in [0.3, 0.4) is 0 Å². The first-order chi connectivity index (χ1) is 18.3. The molecule has 0 aliphatic carbocycles. The fourth-order valence-electron chi connectivity index (χ4n) is 3.93. The van der Waals surface area contributed by atoms with Crippen molar-refractivity contribution in [2.75, 3.05) is 19.5 Å². The molecule has 1 heterocycles. The first kappa shape index (κ1) is 26.9. The summed E-state index contributed by atoms with van der Waals surface area (Å²) in [5.74, 6) is -0.587. The van der Waals surface area contributed by atoms with Crippen LogP contribution in [0.15, 0.2) is 72.8 Å². The van der Waals surface area contributed by atoms with Crippen molar-refractivity contribution in [3.63, 3.8) is 0 Å². The van der Waals surface area contributed by atoms with E-state index in [-0.39, 0.29) is 23.6 Å². The van der Waals surface area contributed by atoms with E-state index in [0.717, 1.165) is 5.56 Å². The Morgan fingerprint density at radius 1 is 0.974 bits per heavy atom. The molecule has 1 unspecified atom stereocenters. The van der Waals surface area contributed by atoms with Crippen molar-refractivity contribution in [2.45, 2.75) is 19.0 Å². The summed E-state index contributed by atoms with van der Waals surface area (Å²) in [5, 5.41) is 4.52. The van der Waals surface area contributed by atoms with Gasteiger partial charge in [-0.15, -0.1) is 0 Å². The number of nitrogens with zero attached hydrogens (tertiary/aromatic N) is 2.